The molecule has 0 amide bonds. The normalized spacial score (nSPS) is 12.6. The second kappa shape index (κ2) is 17.3. The first kappa shape index (κ1) is 27.4. The summed E-state index contributed by atoms with van der Waals surface area (Å²) < 4.78 is 0.989. The van der Waals surface area contributed by atoms with E-state index in [0.29, 0.717) is 0 Å². The number of rotatable bonds is 17. The maximum atomic E-state index is 10.6. The van der Waals surface area contributed by atoms with Crippen molar-refractivity contribution in [2.45, 2.75) is 104 Å². The van der Waals surface area contributed by atoms with Gasteiger partial charge in [0.2, 0.25) is 0 Å². The summed E-state index contributed by atoms with van der Waals surface area (Å²) in [6.07, 6.45) is 14.4. The van der Waals surface area contributed by atoms with Gasteiger partial charge in [0, 0.05) is 5.56 Å². The van der Waals surface area contributed by atoms with E-state index in [1.165, 1.54) is 69.8 Å². The summed E-state index contributed by atoms with van der Waals surface area (Å²) in [5.41, 5.74) is 1.38. The SMILES string of the molecule is CCCCCCCCCCCCC(O)C[N+](CC)(CC)Cc1ccccc1.[Cl-]. The van der Waals surface area contributed by atoms with Gasteiger partial charge in [0.05, 0.1) is 13.1 Å². The molecule has 0 saturated carbocycles. The molecule has 1 aromatic rings. The number of hydrogen-bond acceptors (Lipinski definition) is 1. The van der Waals surface area contributed by atoms with Crippen LogP contribution in [0.5, 0.6) is 0 Å². The van der Waals surface area contributed by atoms with E-state index in [1.807, 2.05) is 0 Å². The molecule has 1 atom stereocenters. The zero-order valence-corrected chi connectivity index (χ0v) is 19.6. The Bertz CT molecular complexity index is 447. The lowest BCUT2D eigenvalue weighted by atomic mass is 10.0. The minimum absolute atomic E-state index is 0. The minimum atomic E-state index is -0.164. The zero-order chi connectivity index (χ0) is 19.8. The molecule has 1 rings (SSSR count). The Labute approximate surface area is 181 Å². The Kier molecular flexibility index (Phi) is 16.9. The Hall–Kier alpha value is -0.570. The highest BCUT2D eigenvalue weighted by Gasteiger charge is 2.27. The number of quaternary nitrogens is 1. The predicted octanol–water partition coefficient (Wildman–Crippen LogP) is 3.72. The van der Waals surface area contributed by atoms with Gasteiger partial charge in [0.1, 0.15) is 19.2 Å². The van der Waals surface area contributed by atoms with Crippen LogP contribution in [0.1, 0.15) is 97.0 Å². The molecule has 2 nitrogen and oxygen atoms in total. The first-order chi connectivity index (χ1) is 13.2. The summed E-state index contributed by atoms with van der Waals surface area (Å²) in [7, 11) is 0. The monoisotopic (exact) mass is 411 g/mol. The molecule has 28 heavy (non-hydrogen) atoms. The van der Waals surface area contributed by atoms with E-state index in [2.05, 4.69) is 51.1 Å². The highest BCUT2D eigenvalue weighted by molar-refractivity contribution is 5.13. The molecule has 0 aliphatic rings. The van der Waals surface area contributed by atoms with Crippen LogP contribution in [-0.2, 0) is 6.54 Å². The van der Waals surface area contributed by atoms with Crippen molar-refractivity contribution in [1.29, 1.82) is 0 Å². The number of nitrogens with zero attached hydrogens (tertiary/aromatic N) is 1. The molecule has 0 aliphatic heterocycles. The first-order valence-electron chi connectivity index (χ1n) is 11.7. The Morgan fingerprint density at radius 3 is 1.75 bits per heavy atom. The number of benzene rings is 1. The molecule has 0 fully saturated rings. The Balaban J connectivity index is 0.00000729. The summed E-state index contributed by atoms with van der Waals surface area (Å²) in [5.74, 6) is 0. The van der Waals surface area contributed by atoms with Gasteiger partial charge in [-0.2, -0.15) is 0 Å². The average Bonchev–Trinajstić information content (AvgIpc) is 2.69. The van der Waals surface area contributed by atoms with E-state index < -0.39 is 0 Å². The van der Waals surface area contributed by atoms with Crippen LogP contribution in [0.15, 0.2) is 30.3 Å². The van der Waals surface area contributed by atoms with Gasteiger partial charge in [-0.3, -0.25) is 0 Å². The summed E-state index contributed by atoms with van der Waals surface area (Å²) in [4.78, 5) is 0. The third-order valence-electron chi connectivity index (χ3n) is 6.19. The molecule has 0 bridgehead atoms. The maximum absolute atomic E-state index is 10.6. The van der Waals surface area contributed by atoms with Crippen molar-refractivity contribution < 1.29 is 22.0 Å². The lowest BCUT2D eigenvalue weighted by Gasteiger charge is -2.38. The largest absolute Gasteiger partial charge is 1.00 e. The Morgan fingerprint density at radius 1 is 0.750 bits per heavy atom. The molecule has 164 valence electrons. The number of aliphatic hydroxyl groups excluding tert-OH is 1. The van der Waals surface area contributed by atoms with Crippen molar-refractivity contribution in [3.8, 4) is 0 Å². The minimum Gasteiger partial charge on any atom is -1.00 e. The van der Waals surface area contributed by atoms with Crippen LogP contribution in [0.3, 0.4) is 0 Å². The Morgan fingerprint density at radius 2 is 1.25 bits per heavy atom. The average molecular weight is 412 g/mol. The van der Waals surface area contributed by atoms with E-state index >= 15 is 0 Å². The van der Waals surface area contributed by atoms with Gasteiger partial charge in [-0.1, -0.05) is 101 Å². The van der Waals surface area contributed by atoms with E-state index in [-0.39, 0.29) is 18.5 Å². The molecule has 1 aromatic carbocycles. The quantitative estimate of drug-likeness (QED) is 0.306. The van der Waals surface area contributed by atoms with Crippen LogP contribution in [0, 0.1) is 0 Å². The van der Waals surface area contributed by atoms with Crippen molar-refractivity contribution >= 4 is 0 Å². The van der Waals surface area contributed by atoms with Crippen molar-refractivity contribution in [3.05, 3.63) is 35.9 Å². The van der Waals surface area contributed by atoms with Crippen LogP contribution in [0.2, 0.25) is 0 Å². The van der Waals surface area contributed by atoms with E-state index in [4.69, 9.17) is 0 Å². The van der Waals surface area contributed by atoms with Crippen molar-refractivity contribution in [2.75, 3.05) is 19.6 Å². The van der Waals surface area contributed by atoms with Crippen LogP contribution < -0.4 is 12.4 Å². The molecule has 0 spiro atoms. The van der Waals surface area contributed by atoms with Crippen LogP contribution >= 0.6 is 0 Å². The molecule has 1 unspecified atom stereocenters. The van der Waals surface area contributed by atoms with E-state index in [1.54, 1.807) is 0 Å². The van der Waals surface area contributed by atoms with Gasteiger partial charge in [-0.15, -0.1) is 0 Å². The molecule has 1 N–H and O–H groups in total. The summed E-state index contributed by atoms with van der Waals surface area (Å²) in [6, 6.07) is 10.8. The molecular formula is C25H46ClNO. The summed E-state index contributed by atoms with van der Waals surface area (Å²) in [6.45, 7) is 10.9. The van der Waals surface area contributed by atoms with Crippen LogP contribution in [0.4, 0.5) is 0 Å². The van der Waals surface area contributed by atoms with Gasteiger partial charge in [-0.25, -0.2) is 0 Å². The molecule has 0 heterocycles. The smallest absolute Gasteiger partial charge is 0.105 e. The van der Waals surface area contributed by atoms with E-state index in [0.717, 1.165) is 37.1 Å². The fraction of sp³-hybridized carbons (Fsp3) is 0.760. The first-order valence-corrected chi connectivity index (χ1v) is 11.7. The predicted molar refractivity (Wildman–Crippen MR) is 119 cm³/mol. The standard InChI is InChI=1S/C25H46NO.ClH/c1-4-7-8-9-10-11-12-13-14-18-21-25(27)23-26(5-2,6-3)22-24-19-16-15-17-20-24;/h15-17,19-20,25,27H,4-14,18,21-23H2,1-3H3;1H/q+1;/p-1. The molecular weight excluding hydrogens is 366 g/mol. The third kappa shape index (κ3) is 12.1. The maximum Gasteiger partial charge on any atom is 0.105 e. The lowest BCUT2D eigenvalue weighted by Crippen LogP contribution is -3.00. The second-order valence-corrected chi connectivity index (χ2v) is 8.42. The van der Waals surface area contributed by atoms with Gasteiger partial charge in [-0.05, 0) is 20.3 Å². The van der Waals surface area contributed by atoms with Crippen molar-refractivity contribution in [3.63, 3.8) is 0 Å². The topological polar surface area (TPSA) is 20.2 Å². The number of halogens is 1. The van der Waals surface area contributed by atoms with Gasteiger partial charge < -0.3 is 22.0 Å². The highest BCUT2D eigenvalue weighted by atomic mass is 35.5. The zero-order valence-electron chi connectivity index (χ0n) is 18.8. The molecule has 0 radical (unpaired) electrons. The van der Waals surface area contributed by atoms with Crippen molar-refractivity contribution in [1.82, 2.24) is 0 Å². The fourth-order valence-corrected chi connectivity index (χ4v) is 4.15. The molecule has 3 heteroatoms. The molecule has 0 aromatic heterocycles. The number of aliphatic hydroxyl groups is 1. The lowest BCUT2D eigenvalue weighted by molar-refractivity contribution is -0.940. The molecule has 0 saturated heterocycles. The second-order valence-electron chi connectivity index (χ2n) is 8.42. The van der Waals surface area contributed by atoms with Crippen LogP contribution in [-0.4, -0.2) is 35.3 Å². The van der Waals surface area contributed by atoms with Crippen molar-refractivity contribution in [2.24, 2.45) is 0 Å². The highest BCUT2D eigenvalue weighted by Crippen LogP contribution is 2.18. The van der Waals surface area contributed by atoms with Crippen LogP contribution in [0.25, 0.3) is 0 Å². The number of likely N-dealkylation sites (N-methyl/N-ethyl adjacent to an activating group) is 1. The summed E-state index contributed by atoms with van der Waals surface area (Å²) >= 11 is 0. The summed E-state index contributed by atoms with van der Waals surface area (Å²) in [5, 5.41) is 10.6. The van der Waals surface area contributed by atoms with Gasteiger partial charge in [0.25, 0.3) is 0 Å². The van der Waals surface area contributed by atoms with Gasteiger partial charge >= 0.3 is 0 Å². The number of unbranched alkanes of at least 4 members (excludes halogenated alkanes) is 9. The third-order valence-corrected chi connectivity index (χ3v) is 6.19. The van der Waals surface area contributed by atoms with E-state index in [9.17, 15) is 5.11 Å². The molecule has 0 aliphatic carbocycles. The van der Waals surface area contributed by atoms with Gasteiger partial charge in [0.15, 0.2) is 0 Å². The fourth-order valence-electron chi connectivity index (χ4n) is 4.15. The number of hydrogen-bond donors (Lipinski definition) is 1.